The van der Waals surface area contributed by atoms with Crippen LogP contribution < -0.4 is 0 Å². The predicted molar refractivity (Wildman–Crippen MR) is 53.5 cm³/mol. The maximum absolute atomic E-state index is 10.8. The van der Waals surface area contributed by atoms with Gasteiger partial charge in [-0.15, -0.1) is 0 Å². The van der Waals surface area contributed by atoms with Crippen molar-refractivity contribution in [2.45, 2.75) is 20.5 Å². The summed E-state index contributed by atoms with van der Waals surface area (Å²) in [5.74, 6) is -0.888. The van der Waals surface area contributed by atoms with Crippen LogP contribution in [0.2, 0.25) is 0 Å². The molecule has 1 N–H and O–H groups in total. The molecule has 0 aliphatic heterocycles. The van der Waals surface area contributed by atoms with Crippen LogP contribution in [0.15, 0.2) is 18.2 Å². The van der Waals surface area contributed by atoms with E-state index >= 15 is 0 Å². The first-order chi connectivity index (χ1) is 6.65. The third kappa shape index (κ3) is 2.57. The number of carbonyl (C=O) groups is 1. The van der Waals surface area contributed by atoms with Crippen LogP contribution in [0, 0.1) is 6.92 Å². The van der Waals surface area contributed by atoms with Crippen molar-refractivity contribution in [1.29, 1.82) is 0 Å². The molecule has 1 aromatic carbocycles. The van der Waals surface area contributed by atoms with Gasteiger partial charge in [-0.2, -0.15) is 0 Å². The number of ether oxygens (including phenoxy) is 1. The van der Waals surface area contributed by atoms with Crippen molar-refractivity contribution >= 4 is 5.97 Å². The van der Waals surface area contributed by atoms with Gasteiger partial charge in [0.25, 0.3) is 0 Å². The van der Waals surface area contributed by atoms with E-state index in [1.807, 2.05) is 13.0 Å². The number of hydrogen-bond donors (Lipinski definition) is 1. The van der Waals surface area contributed by atoms with Gasteiger partial charge in [0.1, 0.15) is 0 Å². The Labute approximate surface area is 83.3 Å². The Morgan fingerprint density at radius 1 is 1.50 bits per heavy atom. The van der Waals surface area contributed by atoms with Crippen LogP contribution in [-0.2, 0) is 11.3 Å². The molecule has 0 saturated carbocycles. The first-order valence-electron chi connectivity index (χ1n) is 4.55. The first kappa shape index (κ1) is 10.7. The zero-order valence-electron chi connectivity index (χ0n) is 8.41. The normalized spacial score (nSPS) is 10.1. The molecule has 0 bridgehead atoms. The fraction of sp³-hybridized carbons (Fsp3) is 0.364. The van der Waals surface area contributed by atoms with E-state index in [0.29, 0.717) is 18.8 Å². The van der Waals surface area contributed by atoms with Crippen molar-refractivity contribution in [3.05, 3.63) is 34.9 Å². The maximum Gasteiger partial charge on any atom is 0.335 e. The van der Waals surface area contributed by atoms with Crippen molar-refractivity contribution < 1.29 is 14.6 Å². The Bertz CT molecular complexity index is 331. The highest BCUT2D eigenvalue weighted by atomic mass is 16.5. The zero-order valence-corrected chi connectivity index (χ0v) is 8.41. The van der Waals surface area contributed by atoms with Gasteiger partial charge in [-0.3, -0.25) is 0 Å². The average Bonchev–Trinajstić information content (AvgIpc) is 2.16. The van der Waals surface area contributed by atoms with Crippen molar-refractivity contribution in [2.24, 2.45) is 0 Å². The number of rotatable bonds is 4. The monoisotopic (exact) mass is 194 g/mol. The van der Waals surface area contributed by atoms with Gasteiger partial charge in [0, 0.05) is 6.61 Å². The molecule has 0 saturated heterocycles. The lowest BCUT2D eigenvalue weighted by Crippen LogP contribution is -2.01. The molecule has 0 radical (unpaired) electrons. The van der Waals surface area contributed by atoms with Gasteiger partial charge in [0.2, 0.25) is 0 Å². The van der Waals surface area contributed by atoms with E-state index in [1.165, 1.54) is 0 Å². The molecule has 0 amide bonds. The van der Waals surface area contributed by atoms with Crippen molar-refractivity contribution in [3.8, 4) is 0 Å². The van der Waals surface area contributed by atoms with E-state index in [0.717, 1.165) is 11.1 Å². The van der Waals surface area contributed by atoms with E-state index in [1.54, 1.807) is 19.1 Å². The second kappa shape index (κ2) is 4.77. The molecular formula is C11H14O3. The summed E-state index contributed by atoms with van der Waals surface area (Å²) in [5, 5.41) is 8.87. The van der Waals surface area contributed by atoms with E-state index < -0.39 is 5.97 Å². The highest BCUT2D eigenvalue weighted by Gasteiger charge is 2.07. The molecule has 0 heterocycles. The fourth-order valence-corrected chi connectivity index (χ4v) is 1.21. The Balaban J connectivity index is 2.89. The second-order valence-corrected chi connectivity index (χ2v) is 3.09. The minimum absolute atomic E-state index is 0.349. The Kier molecular flexibility index (Phi) is 3.65. The van der Waals surface area contributed by atoms with Crippen LogP contribution in [0.1, 0.15) is 28.4 Å². The summed E-state index contributed by atoms with van der Waals surface area (Å²) in [5.41, 5.74) is 2.02. The summed E-state index contributed by atoms with van der Waals surface area (Å²) >= 11 is 0. The SMILES string of the molecule is CCOCc1ccc(C)c(C(=O)O)c1. The Morgan fingerprint density at radius 2 is 2.21 bits per heavy atom. The number of aromatic carboxylic acids is 1. The summed E-state index contributed by atoms with van der Waals surface area (Å²) in [6.45, 7) is 4.80. The summed E-state index contributed by atoms with van der Waals surface area (Å²) in [6, 6.07) is 5.35. The Hall–Kier alpha value is -1.35. The molecule has 1 aromatic rings. The quantitative estimate of drug-likeness (QED) is 0.799. The van der Waals surface area contributed by atoms with Crippen LogP contribution in [-0.4, -0.2) is 17.7 Å². The van der Waals surface area contributed by atoms with Crippen LogP contribution in [0.5, 0.6) is 0 Å². The first-order valence-corrected chi connectivity index (χ1v) is 4.55. The topological polar surface area (TPSA) is 46.5 Å². The number of aryl methyl sites for hydroxylation is 1. The Morgan fingerprint density at radius 3 is 2.79 bits per heavy atom. The maximum atomic E-state index is 10.8. The predicted octanol–water partition coefficient (Wildman–Crippen LogP) is 2.23. The minimum atomic E-state index is -0.888. The van der Waals surface area contributed by atoms with E-state index in [2.05, 4.69) is 0 Å². The molecule has 0 fully saturated rings. The second-order valence-electron chi connectivity index (χ2n) is 3.09. The third-order valence-electron chi connectivity index (χ3n) is 2.01. The minimum Gasteiger partial charge on any atom is -0.478 e. The molecule has 0 aliphatic rings. The van der Waals surface area contributed by atoms with Gasteiger partial charge in [-0.1, -0.05) is 12.1 Å². The van der Waals surface area contributed by atoms with Gasteiger partial charge in [-0.25, -0.2) is 4.79 Å². The van der Waals surface area contributed by atoms with E-state index in [9.17, 15) is 4.79 Å². The van der Waals surface area contributed by atoms with E-state index in [4.69, 9.17) is 9.84 Å². The van der Waals surface area contributed by atoms with Crippen molar-refractivity contribution in [3.63, 3.8) is 0 Å². The smallest absolute Gasteiger partial charge is 0.335 e. The van der Waals surface area contributed by atoms with Gasteiger partial charge in [0.15, 0.2) is 0 Å². The molecular weight excluding hydrogens is 180 g/mol. The summed E-state index contributed by atoms with van der Waals surface area (Å²) in [7, 11) is 0. The van der Waals surface area contributed by atoms with Crippen LogP contribution in [0.25, 0.3) is 0 Å². The lowest BCUT2D eigenvalue weighted by atomic mass is 10.1. The van der Waals surface area contributed by atoms with Gasteiger partial charge in [0.05, 0.1) is 12.2 Å². The zero-order chi connectivity index (χ0) is 10.6. The number of carboxylic acid groups (broad SMARTS) is 1. The van der Waals surface area contributed by atoms with Crippen molar-refractivity contribution in [1.82, 2.24) is 0 Å². The molecule has 0 aromatic heterocycles. The molecule has 0 atom stereocenters. The molecule has 0 aliphatic carbocycles. The van der Waals surface area contributed by atoms with Gasteiger partial charge < -0.3 is 9.84 Å². The highest BCUT2D eigenvalue weighted by Crippen LogP contribution is 2.12. The van der Waals surface area contributed by atoms with Gasteiger partial charge in [-0.05, 0) is 31.0 Å². The van der Waals surface area contributed by atoms with Crippen molar-refractivity contribution in [2.75, 3.05) is 6.61 Å². The average molecular weight is 194 g/mol. The van der Waals surface area contributed by atoms with Crippen LogP contribution in [0.4, 0.5) is 0 Å². The summed E-state index contributed by atoms with van der Waals surface area (Å²) in [6.07, 6.45) is 0. The molecule has 0 unspecified atom stereocenters. The fourth-order valence-electron chi connectivity index (χ4n) is 1.21. The number of hydrogen-bond acceptors (Lipinski definition) is 2. The molecule has 0 spiro atoms. The molecule has 76 valence electrons. The van der Waals surface area contributed by atoms with Crippen LogP contribution >= 0.6 is 0 Å². The van der Waals surface area contributed by atoms with Gasteiger partial charge >= 0.3 is 5.97 Å². The molecule has 1 rings (SSSR count). The lowest BCUT2D eigenvalue weighted by Gasteiger charge is -2.05. The molecule has 3 nitrogen and oxygen atoms in total. The molecule has 3 heteroatoms. The number of carboxylic acids is 1. The lowest BCUT2D eigenvalue weighted by molar-refractivity contribution is 0.0695. The highest BCUT2D eigenvalue weighted by molar-refractivity contribution is 5.89. The van der Waals surface area contributed by atoms with E-state index in [-0.39, 0.29) is 0 Å². The number of benzene rings is 1. The summed E-state index contributed by atoms with van der Waals surface area (Å²) in [4.78, 5) is 10.8. The largest absolute Gasteiger partial charge is 0.478 e. The molecule has 14 heavy (non-hydrogen) atoms. The summed E-state index contributed by atoms with van der Waals surface area (Å²) < 4.78 is 5.20. The third-order valence-corrected chi connectivity index (χ3v) is 2.01. The standard InChI is InChI=1S/C11H14O3/c1-3-14-7-9-5-4-8(2)10(6-9)11(12)13/h4-6H,3,7H2,1-2H3,(H,12,13). The van der Waals surface area contributed by atoms with Crippen LogP contribution in [0.3, 0.4) is 0 Å².